The van der Waals surface area contributed by atoms with Crippen molar-refractivity contribution in [3.63, 3.8) is 0 Å². The molecule has 94 valence electrons. The standard InChI is InChI=1S/C12H15BrFNO2/c1-3-17-8-12(16)15(2)7-9-6-10(13)4-5-11(9)14/h4-6H,3,7-8H2,1-2H3. The van der Waals surface area contributed by atoms with Crippen LogP contribution in [0, 0.1) is 5.82 Å². The first-order valence-electron chi connectivity index (χ1n) is 5.30. The fourth-order valence-electron chi connectivity index (χ4n) is 1.31. The molecule has 1 aromatic carbocycles. The van der Waals surface area contributed by atoms with Gasteiger partial charge in [-0.15, -0.1) is 0 Å². The van der Waals surface area contributed by atoms with E-state index in [0.29, 0.717) is 12.2 Å². The monoisotopic (exact) mass is 303 g/mol. The maximum Gasteiger partial charge on any atom is 0.248 e. The fourth-order valence-corrected chi connectivity index (χ4v) is 1.72. The summed E-state index contributed by atoms with van der Waals surface area (Å²) in [6.07, 6.45) is 0. The zero-order valence-corrected chi connectivity index (χ0v) is 11.5. The van der Waals surface area contributed by atoms with Crippen molar-refractivity contribution in [1.29, 1.82) is 0 Å². The number of rotatable bonds is 5. The molecular weight excluding hydrogens is 289 g/mol. The van der Waals surface area contributed by atoms with E-state index in [4.69, 9.17) is 4.74 Å². The number of hydrogen-bond donors (Lipinski definition) is 0. The lowest BCUT2D eigenvalue weighted by Crippen LogP contribution is -2.30. The zero-order valence-electron chi connectivity index (χ0n) is 9.87. The summed E-state index contributed by atoms with van der Waals surface area (Å²) in [6.45, 7) is 2.58. The molecule has 3 nitrogen and oxygen atoms in total. The molecule has 0 aliphatic carbocycles. The molecular formula is C12H15BrFNO2. The largest absolute Gasteiger partial charge is 0.372 e. The summed E-state index contributed by atoms with van der Waals surface area (Å²) in [5.74, 6) is -0.476. The molecule has 1 aromatic rings. The van der Waals surface area contributed by atoms with E-state index in [1.165, 1.54) is 11.0 Å². The second-order valence-electron chi connectivity index (χ2n) is 3.62. The zero-order chi connectivity index (χ0) is 12.8. The number of ether oxygens (including phenoxy) is 1. The van der Waals surface area contributed by atoms with Gasteiger partial charge in [-0.1, -0.05) is 15.9 Å². The molecule has 0 aliphatic heterocycles. The molecule has 5 heteroatoms. The van der Waals surface area contributed by atoms with E-state index >= 15 is 0 Å². The predicted octanol–water partition coefficient (Wildman–Crippen LogP) is 2.58. The molecule has 0 aliphatic rings. The van der Waals surface area contributed by atoms with Crippen molar-refractivity contribution >= 4 is 21.8 Å². The third-order valence-corrected chi connectivity index (χ3v) is 2.76. The Hall–Kier alpha value is -0.940. The molecule has 0 saturated carbocycles. The number of amides is 1. The molecule has 0 heterocycles. The lowest BCUT2D eigenvalue weighted by atomic mass is 10.2. The SMILES string of the molecule is CCOCC(=O)N(C)Cc1cc(Br)ccc1F. The summed E-state index contributed by atoms with van der Waals surface area (Å²) in [7, 11) is 1.63. The van der Waals surface area contributed by atoms with Gasteiger partial charge in [-0.2, -0.15) is 0 Å². The summed E-state index contributed by atoms with van der Waals surface area (Å²) in [5.41, 5.74) is 0.478. The van der Waals surface area contributed by atoms with Crippen LogP contribution in [-0.4, -0.2) is 31.1 Å². The van der Waals surface area contributed by atoms with Gasteiger partial charge >= 0.3 is 0 Å². The first-order valence-corrected chi connectivity index (χ1v) is 6.09. The number of nitrogens with zero attached hydrogens (tertiary/aromatic N) is 1. The highest BCUT2D eigenvalue weighted by Gasteiger charge is 2.11. The lowest BCUT2D eigenvalue weighted by molar-refractivity contribution is -0.135. The Morgan fingerprint density at radius 1 is 1.53 bits per heavy atom. The Labute approximate surface area is 109 Å². The van der Waals surface area contributed by atoms with Crippen LogP contribution in [0.5, 0.6) is 0 Å². The topological polar surface area (TPSA) is 29.5 Å². The molecule has 0 radical (unpaired) electrons. The summed E-state index contributed by atoms with van der Waals surface area (Å²) >= 11 is 3.27. The van der Waals surface area contributed by atoms with Crippen LogP contribution in [0.2, 0.25) is 0 Å². The van der Waals surface area contributed by atoms with Crippen molar-refractivity contribution in [2.24, 2.45) is 0 Å². The normalized spacial score (nSPS) is 10.4. The van der Waals surface area contributed by atoms with E-state index in [1.54, 1.807) is 19.2 Å². The van der Waals surface area contributed by atoms with Crippen molar-refractivity contribution in [3.8, 4) is 0 Å². The van der Waals surface area contributed by atoms with Crippen LogP contribution in [-0.2, 0) is 16.1 Å². The molecule has 0 saturated heterocycles. The fraction of sp³-hybridized carbons (Fsp3) is 0.417. The van der Waals surface area contributed by atoms with Gasteiger partial charge in [-0.05, 0) is 25.1 Å². The highest BCUT2D eigenvalue weighted by molar-refractivity contribution is 9.10. The number of benzene rings is 1. The van der Waals surface area contributed by atoms with Gasteiger partial charge in [-0.25, -0.2) is 4.39 Å². The maximum absolute atomic E-state index is 13.5. The molecule has 0 atom stereocenters. The van der Waals surface area contributed by atoms with Crippen LogP contribution >= 0.6 is 15.9 Å². The number of hydrogen-bond acceptors (Lipinski definition) is 2. The van der Waals surface area contributed by atoms with E-state index in [-0.39, 0.29) is 24.9 Å². The Bertz CT molecular complexity index is 398. The van der Waals surface area contributed by atoms with Gasteiger partial charge in [-0.3, -0.25) is 4.79 Å². The van der Waals surface area contributed by atoms with Crippen LogP contribution in [0.1, 0.15) is 12.5 Å². The lowest BCUT2D eigenvalue weighted by Gasteiger charge is -2.17. The van der Waals surface area contributed by atoms with E-state index in [9.17, 15) is 9.18 Å². The molecule has 0 unspecified atom stereocenters. The molecule has 17 heavy (non-hydrogen) atoms. The Kier molecular flexibility index (Phi) is 5.58. The smallest absolute Gasteiger partial charge is 0.248 e. The van der Waals surface area contributed by atoms with Gasteiger partial charge in [0.25, 0.3) is 0 Å². The van der Waals surface area contributed by atoms with Crippen LogP contribution in [0.3, 0.4) is 0 Å². The minimum absolute atomic E-state index is 0.0304. The summed E-state index contributed by atoms with van der Waals surface area (Å²) in [4.78, 5) is 13.0. The van der Waals surface area contributed by atoms with Crippen molar-refractivity contribution in [2.75, 3.05) is 20.3 Å². The van der Waals surface area contributed by atoms with Crippen LogP contribution in [0.15, 0.2) is 22.7 Å². The summed E-state index contributed by atoms with van der Waals surface area (Å²) in [5, 5.41) is 0. The molecule has 0 bridgehead atoms. The third kappa shape index (κ3) is 4.44. The van der Waals surface area contributed by atoms with Crippen molar-refractivity contribution in [3.05, 3.63) is 34.1 Å². The molecule has 0 N–H and O–H groups in total. The number of carbonyl (C=O) groups excluding carboxylic acids is 1. The number of halogens is 2. The maximum atomic E-state index is 13.5. The second-order valence-corrected chi connectivity index (χ2v) is 4.54. The predicted molar refractivity (Wildman–Crippen MR) is 67.1 cm³/mol. The summed E-state index contributed by atoms with van der Waals surface area (Å²) < 4.78 is 19.3. The average molecular weight is 304 g/mol. The molecule has 1 amide bonds. The van der Waals surface area contributed by atoms with Gasteiger partial charge in [0.05, 0.1) is 0 Å². The van der Waals surface area contributed by atoms with Crippen LogP contribution in [0.4, 0.5) is 4.39 Å². The third-order valence-electron chi connectivity index (χ3n) is 2.27. The van der Waals surface area contributed by atoms with E-state index in [1.807, 2.05) is 6.92 Å². The van der Waals surface area contributed by atoms with E-state index in [0.717, 1.165) is 4.47 Å². The van der Waals surface area contributed by atoms with Gasteiger partial charge in [0, 0.05) is 30.2 Å². The Balaban J connectivity index is 2.64. The molecule has 0 spiro atoms. The van der Waals surface area contributed by atoms with Gasteiger partial charge in [0.2, 0.25) is 5.91 Å². The molecule has 1 rings (SSSR count). The molecule has 0 fully saturated rings. The minimum Gasteiger partial charge on any atom is -0.372 e. The van der Waals surface area contributed by atoms with Gasteiger partial charge < -0.3 is 9.64 Å². The van der Waals surface area contributed by atoms with Gasteiger partial charge in [0.1, 0.15) is 12.4 Å². The number of likely N-dealkylation sites (N-methyl/N-ethyl adjacent to an activating group) is 1. The first-order chi connectivity index (χ1) is 8.04. The van der Waals surface area contributed by atoms with E-state index in [2.05, 4.69) is 15.9 Å². The van der Waals surface area contributed by atoms with Crippen LogP contribution < -0.4 is 0 Å². The highest BCUT2D eigenvalue weighted by Crippen LogP contribution is 2.16. The van der Waals surface area contributed by atoms with Crippen molar-refractivity contribution in [2.45, 2.75) is 13.5 Å². The summed E-state index contributed by atoms with van der Waals surface area (Å²) in [6, 6.07) is 4.67. The number of carbonyl (C=O) groups is 1. The minimum atomic E-state index is -0.316. The Morgan fingerprint density at radius 3 is 2.88 bits per heavy atom. The second kappa shape index (κ2) is 6.71. The van der Waals surface area contributed by atoms with Gasteiger partial charge in [0.15, 0.2) is 0 Å². The molecule has 0 aromatic heterocycles. The quantitative estimate of drug-likeness (QED) is 0.837. The average Bonchev–Trinajstić information content (AvgIpc) is 2.30. The van der Waals surface area contributed by atoms with Crippen molar-refractivity contribution < 1.29 is 13.9 Å². The van der Waals surface area contributed by atoms with Crippen molar-refractivity contribution in [1.82, 2.24) is 4.90 Å². The van der Waals surface area contributed by atoms with E-state index < -0.39 is 0 Å². The highest BCUT2D eigenvalue weighted by atomic mass is 79.9. The first kappa shape index (κ1) is 14.1. The Morgan fingerprint density at radius 2 is 2.24 bits per heavy atom. The van der Waals surface area contributed by atoms with Crippen LogP contribution in [0.25, 0.3) is 0 Å².